The lowest BCUT2D eigenvalue weighted by Gasteiger charge is -2.13. The fraction of sp³-hybridized carbons (Fsp3) is 0.889. The smallest absolute Gasteiger partial charge is 0.407 e. The van der Waals surface area contributed by atoms with Crippen LogP contribution in [0, 0.1) is 0 Å². The highest BCUT2D eigenvalue weighted by molar-refractivity contribution is 5.67. The number of amides is 1. The Morgan fingerprint density at radius 1 is 1.64 bits per heavy atom. The molecule has 0 aromatic carbocycles. The molecule has 14 heavy (non-hydrogen) atoms. The van der Waals surface area contributed by atoms with Crippen LogP contribution in [0.1, 0.15) is 6.42 Å². The lowest BCUT2D eigenvalue weighted by molar-refractivity contribution is 0.0829. The van der Waals surface area contributed by atoms with Crippen molar-refractivity contribution in [2.75, 3.05) is 40.4 Å². The van der Waals surface area contributed by atoms with E-state index in [0.717, 1.165) is 13.0 Å². The highest BCUT2D eigenvalue weighted by Crippen LogP contribution is 2.07. The maximum Gasteiger partial charge on any atom is 0.407 e. The van der Waals surface area contributed by atoms with Crippen molar-refractivity contribution in [2.45, 2.75) is 12.5 Å². The first-order chi connectivity index (χ1) is 6.68. The maximum atomic E-state index is 11.2. The number of rotatable bonds is 4. The Morgan fingerprint density at radius 3 is 3.00 bits per heavy atom. The molecule has 0 aromatic heterocycles. The van der Waals surface area contributed by atoms with Gasteiger partial charge in [-0.2, -0.15) is 0 Å². The van der Waals surface area contributed by atoms with Gasteiger partial charge in [-0.15, -0.1) is 0 Å². The zero-order valence-corrected chi connectivity index (χ0v) is 8.78. The topological polar surface area (TPSA) is 50.8 Å². The van der Waals surface area contributed by atoms with Gasteiger partial charge in [0.05, 0.1) is 13.2 Å². The second kappa shape index (κ2) is 5.82. The molecular weight excluding hydrogens is 184 g/mol. The van der Waals surface area contributed by atoms with Gasteiger partial charge in [0, 0.05) is 19.5 Å². The quantitative estimate of drug-likeness (QED) is 0.700. The number of likely N-dealkylation sites (N-methyl/N-ethyl adjacent to an activating group) is 1. The largest absolute Gasteiger partial charge is 0.444 e. The molecule has 1 unspecified atom stereocenters. The number of carbonyl (C=O) groups is 1. The molecule has 0 radical (unpaired) electrons. The zero-order chi connectivity index (χ0) is 10.4. The molecule has 1 amide bonds. The van der Waals surface area contributed by atoms with Gasteiger partial charge in [-0.1, -0.05) is 0 Å². The Labute approximate surface area is 84.4 Å². The van der Waals surface area contributed by atoms with Gasteiger partial charge in [0.1, 0.15) is 6.10 Å². The molecule has 0 spiro atoms. The number of alkyl carbamates (subject to hydrolysis) is 1. The number of nitrogens with zero attached hydrogens (tertiary/aromatic N) is 1. The summed E-state index contributed by atoms with van der Waals surface area (Å²) in [6.07, 6.45) is 0.401. The van der Waals surface area contributed by atoms with Gasteiger partial charge < -0.3 is 19.7 Å². The molecule has 1 aliphatic rings. The van der Waals surface area contributed by atoms with Gasteiger partial charge in [0.15, 0.2) is 0 Å². The van der Waals surface area contributed by atoms with E-state index in [1.54, 1.807) is 0 Å². The highest BCUT2D eigenvalue weighted by atomic mass is 16.6. The van der Waals surface area contributed by atoms with Gasteiger partial charge in [-0.25, -0.2) is 4.79 Å². The predicted octanol–water partition coefficient (Wildman–Crippen LogP) is 0.0631. The SMILES string of the molecule is CN(C)CCNC(=O)OC1CCOC1. The molecule has 0 aromatic rings. The van der Waals surface area contributed by atoms with Crippen molar-refractivity contribution in [3.05, 3.63) is 0 Å². The van der Waals surface area contributed by atoms with Gasteiger partial charge in [-0.3, -0.25) is 0 Å². The molecule has 0 saturated carbocycles. The Bertz CT molecular complexity index is 179. The molecule has 1 rings (SSSR count). The lowest BCUT2D eigenvalue weighted by Crippen LogP contribution is -2.34. The summed E-state index contributed by atoms with van der Waals surface area (Å²) in [7, 11) is 3.91. The van der Waals surface area contributed by atoms with Crippen molar-refractivity contribution in [1.82, 2.24) is 10.2 Å². The zero-order valence-electron chi connectivity index (χ0n) is 8.78. The summed E-state index contributed by atoms with van der Waals surface area (Å²) in [6, 6.07) is 0. The van der Waals surface area contributed by atoms with E-state index in [0.29, 0.717) is 19.8 Å². The van der Waals surface area contributed by atoms with Crippen LogP contribution < -0.4 is 5.32 Å². The van der Waals surface area contributed by atoms with Gasteiger partial charge in [0.2, 0.25) is 0 Å². The third-order valence-corrected chi connectivity index (χ3v) is 1.99. The van der Waals surface area contributed by atoms with E-state index >= 15 is 0 Å². The Kier molecular flexibility index (Phi) is 4.69. The van der Waals surface area contributed by atoms with E-state index < -0.39 is 0 Å². The van der Waals surface area contributed by atoms with Gasteiger partial charge in [-0.05, 0) is 14.1 Å². The highest BCUT2D eigenvalue weighted by Gasteiger charge is 2.19. The normalized spacial score (nSPS) is 21.2. The number of nitrogens with one attached hydrogen (secondary N) is 1. The molecule has 1 N–H and O–H groups in total. The third-order valence-electron chi connectivity index (χ3n) is 1.99. The molecule has 1 saturated heterocycles. The van der Waals surface area contributed by atoms with Crippen molar-refractivity contribution < 1.29 is 14.3 Å². The van der Waals surface area contributed by atoms with Crippen LogP contribution in [0.5, 0.6) is 0 Å². The minimum absolute atomic E-state index is 0.0608. The van der Waals surface area contributed by atoms with Crippen LogP contribution >= 0.6 is 0 Å². The van der Waals surface area contributed by atoms with Crippen molar-refractivity contribution in [1.29, 1.82) is 0 Å². The minimum atomic E-state index is -0.345. The van der Waals surface area contributed by atoms with E-state index in [-0.39, 0.29) is 12.2 Å². The first kappa shape index (κ1) is 11.3. The first-order valence-corrected chi connectivity index (χ1v) is 4.85. The number of carbonyl (C=O) groups excluding carboxylic acids is 1. The molecule has 5 heteroatoms. The van der Waals surface area contributed by atoms with Crippen LogP contribution in [-0.4, -0.2) is 57.5 Å². The van der Waals surface area contributed by atoms with Gasteiger partial charge >= 0.3 is 6.09 Å². The first-order valence-electron chi connectivity index (χ1n) is 4.85. The van der Waals surface area contributed by atoms with Crippen LogP contribution in [0.15, 0.2) is 0 Å². The monoisotopic (exact) mass is 202 g/mol. The fourth-order valence-corrected chi connectivity index (χ4v) is 1.18. The Balaban J connectivity index is 2.03. The van der Waals surface area contributed by atoms with Crippen molar-refractivity contribution >= 4 is 6.09 Å². The molecular formula is C9H18N2O3. The molecule has 0 aliphatic carbocycles. The average Bonchev–Trinajstić information content (AvgIpc) is 2.56. The minimum Gasteiger partial charge on any atom is -0.444 e. The van der Waals surface area contributed by atoms with Crippen molar-refractivity contribution in [2.24, 2.45) is 0 Å². The van der Waals surface area contributed by atoms with Crippen LogP contribution in [0.25, 0.3) is 0 Å². The van der Waals surface area contributed by atoms with Gasteiger partial charge in [0.25, 0.3) is 0 Å². The predicted molar refractivity (Wildman–Crippen MR) is 52.3 cm³/mol. The standard InChI is InChI=1S/C9H18N2O3/c1-11(2)5-4-10-9(12)14-8-3-6-13-7-8/h8H,3-7H2,1-2H3,(H,10,12). The number of hydrogen-bond donors (Lipinski definition) is 1. The summed E-state index contributed by atoms with van der Waals surface area (Å²) >= 11 is 0. The Morgan fingerprint density at radius 2 is 2.43 bits per heavy atom. The summed E-state index contributed by atoms with van der Waals surface area (Å²) in [6.45, 7) is 2.65. The second-order valence-electron chi connectivity index (χ2n) is 3.62. The van der Waals surface area contributed by atoms with E-state index in [2.05, 4.69) is 5.32 Å². The van der Waals surface area contributed by atoms with E-state index in [9.17, 15) is 4.79 Å². The van der Waals surface area contributed by atoms with Crippen molar-refractivity contribution in [3.8, 4) is 0 Å². The molecule has 1 heterocycles. The average molecular weight is 202 g/mol. The van der Waals surface area contributed by atoms with E-state index in [1.807, 2.05) is 19.0 Å². The number of hydrogen-bond acceptors (Lipinski definition) is 4. The second-order valence-corrected chi connectivity index (χ2v) is 3.62. The molecule has 1 aliphatic heterocycles. The molecule has 1 atom stereocenters. The van der Waals surface area contributed by atoms with E-state index in [1.165, 1.54) is 0 Å². The van der Waals surface area contributed by atoms with Crippen LogP contribution in [0.4, 0.5) is 4.79 Å². The third kappa shape index (κ3) is 4.43. The number of ether oxygens (including phenoxy) is 2. The summed E-state index contributed by atoms with van der Waals surface area (Å²) in [5.74, 6) is 0. The molecule has 82 valence electrons. The lowest BCUT2D eigenvalue weighted by atomic mass is 10.3. The van der Waals surface area contributed by atoms with Crippen LogP contribution in [-0.2, 0) is 9.47 Å². The Hall–Kier alpha value is -0.810. The summed E-state index contributed by atoms with van der Waals surface area (Å²) in [4.78, 5) is 13.2. The molecule has 5 nitrogen and oxygen atoms in total. The van der Waals surface area contributed by atoms with Crippen LogP contribution in [0.2, 0.25) is 0 Å². The van der Waals surface area contributed by atoms with Crippen molar-refractivity contribution in [3.63, 3.8) is 0 Å². The maximum absolute atomic E-state index is 11.2. The fourth-order valence-electron chi connectivity index (χ4n) is 1.18. The molecule has 0 bridgehead atoms. The summed E-state index contributed by atoms with van der Waals surface area (Å²) in [5, 5.41) is 2.68. The summed E-state index contributed by atoms with van der Waals surface area (Å²) in [5.41, 5.74) is 0. The van der Waals surface area contributed by atoms with E-state index in [4.69, 9.17) is 9.47 Å². The summed E-state index contributed by atoms with van der Waals surface area (Å²) < 4.78 is 10.2. The van der Waals surface area contributed by atoms with Crippen LogP contribution in [0.3, 0.4) is 0 Å². The molecule has 1 fully saturated rings.